The molecule has 3 nitrogen and oxygen atoms in total. The van der Waals surface area contributed by atoms with Crippen molar-refractivity contribution in [2.75, 3.05) is 7.11 Å². The third kappa shape index (κ3) is 5.10. The molecule has 8 heteroatoms. The van der Waals surface area contributed by atoms with Crippen molar-refractivity contribution in [1.82, 2.24) is 10.2 Å². The second-order valence-electron chi connectivity index (χ2n) is 4.96. The van der Waals surface area contributed by atoms with Gasteiger partial charge < -0.3 is 4.74 Å². The third-order valence-corrected chi connectivity index (χ3v) is 6.95. The number of benzene rings is 2. The first-order valence-electron chi connectivity index (χ1n) is 7.30. The highest BCUT2D eigenvalue weighted by atomic mass is 35.5. The summed E-state index contributed by atoms with van der Waals surface area (Å²) in [4.78, 5) is 0. The Morgan fingerprint density at radius 1 is 1.04 bits per heavy atom. The summed E-state index contributed by atoms with van der Waals surface area (Å²) < 4.78 is 20.6. The fourth-order valence-corrected chi connectivity index (χ4v) is 5.30. The van der Waals surface area contributed by atoms with Crippen LogP contribution in [0.15, 0.2) is 51.1 Å². The summed E-state index contributed by atoms with van der Waals surface area (Å²) in [5.41, 5.74) is 1.69. The van der Waals surface area contributed by atoms with Crippen molar-refractivity contribution in [3.05, 3.63) is 64.4 Å². The molecule has 3 aromatic rings. The van der Waals surface area contributed by atoms with Crippen molar-refractivity contribution in [3.63, 3.8) is 0 Å². The number of hydrogen-bond acceptors (Lipinski definition) is 6. The first-order chi connectivity index (χ1) is 12.2. The van der Waals surface area contributed by atoms with Crippen LogP contribution in [0.5, 0.6) is 5.75 Å². The van der Waals surface area contributed by atoms with E-state index in [0.29, 0.717) is 16.3 Å². The Labute approximate surface area is 163 Å². The van der Waals surface area contributed by atoms with E-state index in [-0.39, 0.29) is 5.82 Å². The van der Waals surface area contributed by atoms with Crippen LogP contribution in [0.1, 0.15) is 11.1 Å². The maximum Gasteiger partial charge on any atom is 0.175 e. The highest BCUT2D eigenvalue weighted by Crippen LogP contribution is 2.34. The maximum absolute atomic E-state index is 13.8. The molecular weight excluding hydrogens is 399 g/mol. The Kier molecular flexibility index (Phi) is 6.58. The van der Waals surface area contributed by atoms with E-state index >= 15 is 0 Å². The number of thioether (sulfide) groups is 2. The van der Waals surface area contributed by atoms with Crippen LogP contribution in [0.4, 0.5) is 4.39 Å². The minimum Gasteiger partial charge on any atom is -0.497 e. The second kappa shape index (κ2) is 8.89. The molecule has 0 saturated heterocycles. The van der Waals surface area contributed by atoms with Gasteiger partial charge in [0.15, 0.2) is 8.68 Å². The summed E-state index contributed by atoms with van der Waals surface area (Å²) in [7, 11) is 1.65. The van der Waals surface area contributed by atoms with Gasteiger partial charge in [-0.1, -0.05) is 64.7 Å². The molecule has 0 aliphatic rings. The van der Waals surface area contributed by atoms with Crippen LogP contribution in [-0.4, -0.2) is 17.3 Å². The van der Waals surface area contributed by atoms with E-state index in [2.05, 4.69) is 10.2 Å². The van der Waals surface area contributed by atoms with Gasteiger partial charge in [-0.05, 0) is 29.8 Å². The smallest absolute Gasteiger partial charge is 0.175 e. The Balaban J connectivity index is 1.55. The molecule has 0 bridgehead atoms. The molecule has 130 valence electrons. The molecular formula is C17H14ClFN2OS3. The lowest BCUT2D eigenvalue weighted by Gasteiger charge is -2.03. The number of rotatable bonds is 7. The van der Waals surface area contributed by atoms with Gasteiger partial charge in [0.2, 0.25) is 0 Å². The number of hydrogen-bond donors (Lipinski definition) is 0. The first-order valence-corrected chi connectivity index (χ1v) is 10.5. The average molecular weight is 413 g/mol. The van der Waals surface area contributed by atoms with Crippen molar-refractivity contribution < 1.29 is 9.13 Å². The average Bonchev–Trinajstić information content (AvgIpc) is 3.08. The van der Waals surface area contributed by atoms with Gasteiger partial charge in [0.05, 0.1) is 7.11 Å². The van der Waals surface area contributed by atoms with E-state index < -0.39 is 0 Å². The number of methoxy groups -OCH3 is 1. The fraction of sp³-hybridized carbons (Fsp3) is 0.176. The lowest BCUT2D eigenvalue weighted by atomic mass is 10.2. The van der Waals surface area contributed by atoms with Crippen LogP contribution < -0.4 is 4.74 Å². The van der Waals surface area contributed by atoms with Gasteiger partial charge >= 0.3 is 0 Å². The zero-order valence-electron chi connectivity index (χ0n) is 13.2. The summed E-state index contributed by atoms with van der Waals surface area (Å²) in [6, 6.07) is 12.6. The molecule has 2 aromatic carbocycles. The van der Waals surface area contributed by atoms with E-state index in [0.717, 1.165) is 20.2 Å². The van der Waals surface area contributed by atoms with Crippen LogP contribution >= 0.6 is 46.5 Å². The summed E-state index contributed by atoms with van der Waals surface area (Å²) >= 11 is 10.6. The molecule has 0 radical (unpaired) electrons. The summed E-state index contributed by atoms with van der Waals surface area (Å²) in [5, 5.41) is 8.77. The van der Waals surface area contributed by atoms with Crippen LogP contribution in [-0.2, 0) is 11.5 Å². The van der Waals surface area contributed by atoms with Gasteiger partial charge in [-0.15, -0.1) is 10.2 Å². The van der Waals surface area contributed by atoms with E-state index in [1.54, 1.807) is 31.0 Å². The first kappa shape index (κ1) is 18.5. The standard InChI is InChI=1S/C17H14ClFN2OS3/c1-22-12-7-5-11(6-8-12)9-23-16-20-21-17(25-16)24-10-13-14(18)3-2-4-15(13)19/h2-8H,9-10H2,1H3. The van der Waals surface area contributed by atoms with Crippen molar-refractivity contribution >= 4 is 46.5 Å². The van der Waals surface area contributed by atoms with Crippen molar-refractivity contribution in [1.29, 1.82) is 0 Å². The molecule has 0 saturated carbocycles. The summed E-state index contributed by atoms with van der Waals surface area (Å²) in [6.07, 6.45) is 0. The van der Waals surface area contributed by atoms with Crippen molar-refractivity contribution in [3.8, 4) is 5.75 Å². The monoisotopic (exact) mass is 412 g/mol. The molecule has 0 fully saturated rings. The second-order valence-corrected chi connectivity index (χ2v) is 8.79. The van der Waals surface area contributed by atoms with E-state index in [1.807, 2.05) is 24.3 Å². The number of ether oxygens (including phenoxy) is 1. The molecule has 3 rings (SSSR count). The molecule has 0 atom stereocenters. The van der Waals surface area contributed by atoms with Gasteiger partial charge in [0, 0.05) is 22.1 Å². The largest absolute Gasteiger partial charge is 0.497 e. The van der Waals surface area contributed by atoms with Gasteiger partial charge in [-0.2, -0.15) is 0 Å². The van der Waals surface area contributed by atoms with E-state index in [4.69, 9.17) is 16.3 Å². The zero-order valence-corrected chi connectivity index (χ0v) is 16.4. The molecule has 0 spiro atoms. The maximum atomic E-state index is 13.8. The predicted molar refractivity (Wildman–Crippen MR) is 103 cm³/mol. The van der Waals surface area contributed by atoms with Gasteiger partial charge in [0.1, 0.15) is 11.6 Å². The van der Waals surface area contributed by atoms with Crippen LogP contribution in [0.3, 0.4) is 0 Å². The summed E-state index contributed by atoms with van der Waals surface area (Å²) in [5.74, 6) is 1.79. The molecule has 0 amide bonds. The molecule has 0 aliphatic carbocycles. The molecule has 0 N–H and O–H groups in total. The molecule has 1 aromatic heterocycles. The quantitative estimate of drug-likeness (QED) is 0.450. The number of aromatic nitrogens is 2. The van der Waals surface area contributed by atoms with E-state index in [1.165, 1.54) is 34.7 Å². The Morgan fingerprint density at radius 3 is 2.36 bits per heavy atom. The van der Waals surface area contributed by atoms with Gasteiger partial charge in [-0.3, -0.25) is 0 Å². The van der Waals surface area contributed by atoms with Gasteiger partial charge in [-0.25, -0.2) is 4.39 Å². The highest BCUT2D eigenvalue weighted by Gasteiger charge is 2.11. The van der Waals surface area contributed by atoms with E-state index in [9.17, 15) is 4.39 Å². The molecule has 0 unspecified atom stereocenters. The Morgan fingerprint density at radius 2 is 1.72 bits per heavy atom. The normalized spacial score (nSPS) is 10.8. The highest BCUT2D eigenvalue weighted by molar-refractivity contribution is 8.02. The lowest BCUT2D eigenvalue weighted by molar-refractivity contribution is 0.414. The fourth-order valence-electron chi connectivity index (χ4n) is 1.98. The third-order valence-electron chi connectivity index (χ3n) is 3.31. The van der Waals surface area contributed by atoms with Gasteiger partial charge in [0.25, 0.3) is 0 Å². The minimum absolute atomic E-state index is 0.293. The zero-order chi connectivity index (χ0) is 17.6. The number of nitrogens with zero attached hydrogens (tertiary/aromatic N) is 2. The molecule has 1 heterocycles. The molecule has 25 heavy (non-hydrogen) atoms. The van der Waals surface area contributed by atoms with Crippen LogP contribution in [0.2, 0.25) is 5.02 Å². The Hall–Kier alpha value is -1.28. The lowest BCUT2D eigenvalue weighted by Crippen LogP contribution is -1.88. The SMILES string of the molecule is COc1ccc(CSc2nnc(SCc3c(F)cccc3Cl)s2)cc1. The number of halogens is 2. The Bertz CT molecular complexity index is 822. The van der Waals surface area contributed by atoms with Crippen molar-refractivity contribution in [2.24, 2.45) is 0 Å². The van der Waals surface area contributed by atoms with Crippen LogP contribution in [0, 0.1) is 5.82 Å². The topological polar surface area (TPSA) is 35.0 Å². The van der Waals surface area contributed by atoms with Crippen LogP contribution in [0.25, 0.3) is 0 Å². The minimum atomic E-state index is -0.293. The predicted octanol–water partition coefficient (Wildman–Crippen LogP) is 5.92. The summed E-state index contributed by atoms with van der Waals surface area (Å²) in [6.45, 7) is 0. The van der Waals surface area contributed by atoms with Crippen molar-refractivity contribution in [2.45, 2.75) is 20.2 Å². The molecule has 0 aliphatic heterocycles.